The summed E-state index contributed by atoms with van der Waals surface area (Å²) in [6, 6.07) is 0. The van der Waals surface area contributed by atoms with Gasteiger partial charge in [-0.2, -0.15) is 0 Å². The quantitative estimate of drug-likeness (QED) is 0.698. The average Bonchev–Trinajstić information content (AvgIpc) is 2.51. The Morgan fingerprint density at radius 1 is 1.64 bits per heavy atom. The van der Waals surface area contributed by atoms with Crippen molar-refractivity contribution in [2.45, 2.75) is 13.5 Å². The Labute approximate surface area is 90.7 Å². The van der Waals surface area contributed by atoms with Crippen molar-refractivity contribution in [2.24, 2.45) is 13.0 Å². The van der Waals surface area contributed by atoms with Crippen LogP contribution in [0.5, 0.6) is 0 Å². The van der Waals surface area contributed by atoms with Gasteiger partial charge in [0.15, 0.2) is 0 Å². The van der Waals surface area contributed by atoms with Gasteiger partial charge in [0.1, 0.15) is 5.82 Å². The summed E-state index contributed by atoms with van der Waals surface area (Å²) in [5, 5.41) is 0. The Hall–Kier alpha value is -0.540. The second kappa shape index (κ2) is 5.37. The minimum absolute atomic E-state index is 0.530. The maximum atomic E-state index is 5.76. The number of aromatic nitrogens is 2. The van der Waals surface area contributed by atoms with E-state index in [1.165, 1.54) is 0 Å². The lowest BCUT2D eigenvalue weighted by atomic mass is 10.2. The van der Waals surface area contributed by atoms with Gasteiger partial charge in [0.25, 0.3) is 0 Å². The summed E-state index contributed by atoms with van der Waals surface area (Å²) in [6.07, 6.45) is 3.79. The van der Waals surface area contributed by atoms with Crippen LogP contribution in [0.1, 0.15) is 12.7 Å². The maximum Gasteiger partial charge on any atom is 0.122 e. The van der Waals surface area contributed by atoms with Crippen molar-refractivity contribution >= 4 is 11.6 Å². The number of rotatable bonds is 5. The van der Waals surface area contributed by atoms with Gasteiger partial charge < -0.3 is 4.57 Å². The Bertz CT molecular complexity index is 272. The Morgan fingerprint density at radius 2 is 2.36 bits per heavy atom. The van der Waals surface area contributed by atoms with Gasteiger partial charge in [0, 0.05) is 31.9 Å². The monoisotopic (exact) mass is 215 g/mol. The van der Waals surface area contributed by atoms with Gasteiger partial charge in [-0.15, -0.1) is 11.6 Å². The number of nitrogens with zero attached hydrogens (tertiary/aromatic N) is 3. The summed E-state index contributed by atoms with van der Waals surface area (Å²) in [6.45, 7) is 4.04. The van der Waals surface area contributed by atoms with E-state index in [-0.39, 0.29) is 0 Å². The third kappa shape index (κ3) is 3.31. The molecule has 3 nitrogen and oxygen atoms in total. The molecule has 1 rings (SSSR count). The highest BCUT2D eigenvalue weighted by Crippen LogP contribution is 2.04. The maximum absolute atomic E-state index is 5.76. The molecule has 0 aromatic carbocycles. The third-order valence-electron chi connectivity index (χ3n) is 2.22. The third-order valence-corrected chi connectivity index (χ3v) is 2.75. The van der Waals surface area contributed by atoms with Crippen molar-refractivity contribution in [3.63, 3.8) is 0 Å². The number of imidazole rings is 1. The van der Waals surface area contributed by atoms with Gasteiger partial charge in [-0.1, -0.05) is 6.92 Å². The number of aryl methyl sites for hydroxylation is 1. The van der Waals surface area contributed by atoms with Crippen molar-refractivity contribution < 1.29 is 0 Å². The summed E-state index contributed by atoms with van der Waals surface area (Å²) in [5.74, 6) is 2.33. The fourth-order valence-electron chi connectivity index (χ4n) is 1.44. The normalized spacial score (nSPS) is 13.5. The van der Waals surface area contributed by atoms with Crippen LogP contribution in [0.4, 0.5) is 0 Å². The van der Waals surface area contributed by atoms with E-state index in [1.807, 2.05) is 24.0 Å². The molecule has 0 aliphatic rings. The SMILES string of the molecule is CC(CCl)CN(C)Cc1nccn1C. The van der Waals surface area contributed by atoms with Crippen molar-refractivity contribution in [2.75, 3.05) is 19.5 Å². The molecule has 0 radical (unpaired) electrons. The Balaban J connectivity index is 2.41. The predicted molar refractivity (Wildman–Crippen MR) is 59.4 cm³/mol. The topological polar surface area (TPSA) is 21.1 Å². The molecule has 0 aliphatic carbocycles. The molecule has 1 unspecified atom stereocenters. The van der Waals surface area contributed by atoms with Gasteiger partial charge in [0.05, 0.1) is 6.54 Å². The Kier molecular flexibility index (Phi) is 4.42. The van der Waals surface area contributed by atoms with Gasteiger partial charge in [-0.25, -0.2) is 4.98 Å². The van der Waals surface area contributed by atoms with Crippen LogP contribution >= 0.6 is 11.6 Å². The first kappa shape index (κ1) is 11.5. The molecule has 0 bridgehead atoms. The molecule has 1 heterocycles. The average molecular weight is 216 g/mol. The van der Waals surface area contributed by atoms with Gasteiger partial charge in [-0.3, -0.25) is 4.90 Å². The predicted octanol–water partition coefficient (Wildman–Crippen LogP) is 1.73. The zero-order chi connectivity index (χ0) is 10.6. The smallest absolute Gasteiger partial charge is 0.122 e. The first-order chi connectivity index (χ1) is 6.63. The zero-order valence-electron chi connectivity index (χ0n) is 9.07. The van der Waals surface area contributed by atoms with Crippen LogP contribution in [0.15, 0.2) is 12.4 Å². The minimum atomic E-state index is 0.530. The second-order valence-electron chi connectivity index (χ2n) is 3.91. The van der Waals surface area contributed by atoms with Crippen LogP contribution < -0.4 is 0 Å². The van der Waals surface area contributed by atoms with Crippen LogP contribution in [-0.4, -0.2) is 33.9 Å². The molecule has 0 aliphatic heterocycles. The number of hydrogen-bond donors (Lipinski definition) is 0. The van der Waals surface area contributed by atoms with Gasteiger partial charge in [-0.05, 0) is 13.0 Å². The molecule has 0 fully saturated rings. The fourth-order valence-corrected chi connectivity index (χ4v) is 1.53. The van der Waals surface area contributed by atoms with E-state index >= 15 is 0 Å². The largest absolute Gasteiger partial charge is 0.337 e. The van der Waals surface area contributed by atoms with Crippen molar-refractivity contribution in [3.05, 3.63) is 18.2 Å². The number of halogens is 1. The van der Waals surface area contributed by atoms with E-state index in [9.17, 15) is 0 Å². The van der Waals surface area contributed by atoms with Crippen LogP contribution in [0, 0.1) is 5.92 Å². The first-order valence-electron chi connectivity index (χ1n) is 4.84. The molecule has 0 amide bonds. The molecule has 80 valence electrons. The molecule has 0 saturated heterocycles. The zero-order valence-corrected chi connectivity index (χ0v) is 9.83. The highest BCUT2D eigenvalue weighted by molar-refractivity contribution is 6.18. The summed E-state index contributed by atoms with van der Waals surface area (Å²) >= 11 is 5.76. The molecule has 1 aromatic rings. The molecular formula is C10H18ClN3. The van der Waals surface area contributed by atoms with Crippen LogP contribution in [0.3, 0.4) is 0 Å². The summed E-state index contributed by atoms with van der Waals surface area (Å²) < 4.78 is 2.04. The molecule has 0 spiro atoms. The second-order valence-corrected chi connectivity index (χ2v) is 4.22. The molecule has 4 heteroatoms. The van der Waals surface area contributed by atoms with Gasteiger partial charge in [0.2, 0.25) is 0 Å². The van der Waals surface area contributed by atoms with Crippen LogP contribution in [0.2, 0.25) is 0 Å². The fraction of sp³-hybridized carbons (Fsp3) is 0.700. The molecular weight excluding hydrogens is 198 g/mol. The van der Waals surface area contributed by atoms with E-state index in [0.29, 0.717) is 11.8 Å². The molecule has 0 saturated carbocycles. The Morgan fingerprint density at radius 3 is 2.86 bits per heavy atom. The van der Waals surface area contributed by atoms with Crippen molar-refractivity contribution in [1.82, 2.24) is 14.5 Å². The van der Waals surface area contributed by atoms with Crippen LogP contribution in [0.25, 0.3) is 0 Å². The highest BCUT2D eigenvalue weighted by atomic mass is 35.5. The van der Waals surface area contributed by atoms with E-state index in [1.54, 1.807) is 0 Å². The lowest BCUT2D eigenvalue weighted by Crippen LogP contribution is -2.26. The summed E-state index contributed by atoms with van der Waals surface area (Å²) in [4.78, 5) is 6.52. The first-order valence-corrected chi connectivity index (χ1v) is 5.37. The minimum Gasteiger partial charge on any atom is -0.337 e. The molecule has 14 heavy (non-hydrogen) atoms. The standard InChI is InChI=1S/C10H18ClN3/c1-9(6-11)7-13(2)8-10-12-4-5-14(10)3/h4-5,9H,6-8H2,1-3H3. The van der Waals surface area contributed by atoms with Crippen LogP contribution in [-0.2, 0) is 13.6 Å². The van der Waals surface area contributed by atoms with Gasteiger partial charge >= 0.3 is 0 Å². The summed E-state index contributed by atoms with van der Waals surface area (Å²) in [5.41, 5.74) is 0. The van der Waals surface area contributed by atoms with E-state index in [4.69, 9.17) is 11.6 Å². The van der Waals surface area contributed by atoms with Crippen molar-refractivity contribution in [3.8, 4) is 0 Å². The number of hydrogen-bond acceptors (Lipinski definition) is 2. The lowest BCUT2D eigenvalue weighted by molar-refractivity contribution is 0.280. The van der Waals surface area contributed by atoms with E-state index in [0.717, 1.165) is 18.9 Å². The molecule has 1 atom stereocenters. The number of alkyl halides is 1. The molecule has 1 aromatic heterocycles. The van der Waals surface area contributed by atoms with E-state index in [2.05, 4.69) is 23.9 Å². The van der Waals surface area contributed by atoms with Crippen molar-refractivity contribution in [1.29, 1.82) is 0 Å². The molecule has 0 N–H and O–H groups in total. The van der Waals surface area contributed by atoms with E-state index < -0.39 is 0 Å². The summed E-state index contributed by atoms with van der Waals surface area (Å²) in [7, 11) is 4.11. The highest BCUT2D eigenvalue weighted by Gasteiger charge is 2.07. The lowest BCUT2D eigenvalue weighted by Gasteiger charge is -2.19.